The second kappa shape index (κ2) is 4.86. The van der Waals surface area contributed by atoms with E-state index in [4.69, 9.17) is 0 Å². The monoisotopic (exact) mass is 172 g/mol. The molecule has 0 heterocycles. The third kappa shape index (κ3) is 3.46. The van der Waals surface area contributed by atoms with E-state index >= 15 is 0 Å². The minimum absolute atomic E-state index is 0.0336. The lowest BCUT2D eigenvalue weighted by atomic mass is 10.0. The molecule has 0 saturated heterocycles. The van der Waals surface area contributed by atoms with E-state index in [2.05, 4.69) is 6.58 Å². The molecule has 12 heavy (non-hydrogen) atoms. The Kier molecular flexibility index (Phi) is 4.49. The number of hydrogen-bond donors (Lipinski definition) is 0. The number of halogens is 2. The lowest BCUT2D eigenvalue weighted by molar-refractivity contribution is 0.598. The fourth-order valence-electron chi connectivity index (χ4n) is 0.847. The first-order valence-corrected chi connectivity index (χ1v) is 3.87. The van der Waals surface area contributed by atoms with Crippen molar-refractivity contribution in [2.24, 2.45) is 5.92 Å². The predicted octanol–water partition coefficient (Wildman–Crippen LogP) is 3.93. The lowest BCUT2D eigenvalue weighted by Gasteiger charge is -2.07. The minimum atomic E-state index is -0.615. The van der Waals surface area contributed by atoms with Gasteiger partial charge in [0.2, 0.25) is 0 Å². The van der Waals surface area contributed by atoms with Gasteiger partial charge in [-0.05, 0) is 24.5 Å². The van der Waals surface area contributed by atoms with Crippen LogP contribution in [-0.2, 0) is 0 Å². The molecule has 0 aromatic rings. The Bertz CT molecular complexity index is 222. The smallest absolute Gasteiger partial charge is 0.122 e. The van der Waals surface area contributed by atoms with E-state index in [1.54, 1.807) is 20.8 Å². The molecule has 2 heteroatoms. The third-order valence-electron chi connectivity index (χ3n) is 1.46. The molecule has 0 spiro atoms. The van der Waals surface area contributed by atoms with Crippen LogP contribution in [0.25, 0.3) is 0 Å². The molecule has 0 aromatic heterocycles. The quantitative estimate of drug-likeness (QED) is 0.566. The van der Waals surface area contributed by atoms with Gasteiger partial charge in [-0.3, -0.25) is 0 Å². The van der Waals surface area contributed by atoms with Crippen molar-refractivity contribution < 1.29 is 8.78 Å². The van der Waals surface area contributed by atoms with Gasteiger partial charge in [0.25, 0.3) is 0 Å². The number of rotatable bonds is 3. The molecule has 0 N–H and O–H groups in total. The fourth-order valence-corrected chi connectivity index (χ4v) is 0.847. The summed E-state index contributed by atoms with van der Waals surface area (Å²) in [7, 11) is 0. The average Bonchev–Trinajstić information content (AvgIpc) is 1.98. The second-order valence-corrected chi connectivity index (χ2v) is 2.84. The third-order valence-corrected chi connectivity index (χ3v) is 1.46. The Labute approximate surface area is 72.3 Å². The van der Waals surface area contributed by atoms with Crippen molar-refractivity contribution in [1.29, 1.82) is 0 Å². The molecule has 0 fully saturated rings. The summed E-state index contributed by atoms with van der Waals surface area (Å²) < 4.78 is 25.3. The van der Waals surface area contributed by atoms with Crippen LogP contribution >= 0.6 is 0 Å². The molecule has 0 radical (unpaired) electrons. The summed E-state index contributed by atoms with van der Waals surface area (Å²) in [6.45, 7) is 8.24. The van der Waals surface area contributed by atoms with E-state index < -0.39 is 5.83 Å². The summed E-state index contributed by atoms with van der Waals surface area (Å²) in [6, 6.07) is 0. The van der Waals surface area contributed by atoms with Crippen molar-refractivity contribution in [1.82, 2.24) is 0 Å². The Morgan fingerprint density at radius 3 is 2.08 bits per heavy atom. The molecule has 0 aromatic carbocycles. The summed E-state index contributed by atoms with van der Waals surface area (Å²) in [5, 5.41) is 0. The average molecular weight is 172 g/mol. The Morgan fingerprint density at radius 2 is 1.83 bits per heavy atom. The maximum absolute atomic E-state index is 13.0. The standard InChI is InChI=1S/C10H14F2/c1-5-10(12)9(7(2)3)6-8(4)11/h5-7H,4H2,1-3H3/b9-6-,10-5+. The first-order valence-electron chi connectivity index (χ1n) is 3.87. The van der Waals surface area contributed by atoms with Gasteiger partial charge >= 0.3 is 0 Å². The maximum atomic E-state index is 13.0. The van der Waals surface area contributed by atoms with Crippen LogP contribution in [0.5, 0.6) is 0 Å². The molecule has 0 amide bonds. The first kappa shape index (κ1) is 11.1. The van der Waals surface area contributed by atoms with Crippen LogP contribution in [0.1, 0.15) is 20.8 Å². The van der Waals surface area contributed by atoms with E-state index in [1.807, 2.05) is 0 Å². The summed E-state index contributed by atoms with van der Waals surface area (Å²) >= 11 is 0. The van der Waals surface area contributed by atoms with Crippen LogP contribution in [0.3, 0.4) is 0 Å². The van der Waals surface area contributed by atoms with Gasteiger partial charge in [-0.25, -0.2) is 8.78 Å². The van der Waals surface area contributed by atoms with Gasteiger partial charge in [-0.2, -0.15) is 0 Å². The van der Waals surface area contributed by atoms with Crippen molar-refractivity contribution in [2.45, 2.75) is 20.8 Å². The van der Waals surface area contributed by atoms with Crippen LogP contribution in [-0.4, -0.2) is 0 Å². The van der Waals surface area contributed by atoms with E-state index in [0.717, 1.165) is 6.08 Å². The van der Waals surface area contributed by atoms with Crippen molar-refractivity contribution >= 4 is 0 Å². The van der Waals surface area contributed by atoms with Crippen LogP contribution in [0.2, 0.25) is 0 Å². The van der Waals surface area contributed by atoms with Crippen LogP contribution in [0.15, 0.2) is 36.0 Å². The summed E-state index contributed by atoms with van der Waals surface area (Å²) in [6.07, 6.45) is 2.44. The maximum Gasteiger partial charge on any atom is 0.122 e. The zero-order valence-corrected chi connectivity index (χ0v) is 7.70. The fraction of sp³-hybridized carbons (Fsp3) is 0.400. The van der Waals surface area contributed by atoms with E-state index in [9.17, 15) is 8.78 Å². The highest BCUT2D eigenvalue weighted by Crippen LogP contribution is 2.22. The molecule has 0 atom stereocenters. The second-order valence-electron chi connectivity index (χ2n) is 2.84. The summed E-state index contributed by atoms with van der Waals surface area (Å²) in [4.78, 5) is 0. The Hall–Kier alpha value is -0.920. The number of hydrogen-bond acceptors (Lipinski definition) is 0. The SMILES string of the molecule is C=C(F)/C=C(\C(F)=C/C)C(C)C. The molecule has 0 aliphatic heterocycles. The molecule has 0 saturated carbocycles. The highest BCUT2D eigenvalue weighted by molar-refractivity contribution is 5.31. The first-order chi connectivity index (χ1) is 5.49. The van der Waals surface area contributed by atoms with Crippen LogP contribution in [0, 0.1) is 5.92 Å². The Balaban J connectivity index is 4.79. The zero-order valence-electron chi connectivity index (χ0n) is 7.70. The van der Waals surface area contributed by atoms with Crippen LogP contribution < -0.4 is 0 Å². The zero-order chi connectivity index (χ0) is 9.72. The highest BCUT2D eigenvalue weighted by Gasteiger charge is 2.08. The highest BCUT2D eigenvalue weighted by atomic mass is 19.1. The molecule has 0 bridgehead atoms. The van der Waals surface area contributed by atoms with Gasteiger partial charge in [0.05, 0.1) is 0 Å². The molecule has 0 rings (SSSR count). The van der Waals surface area contributed by atoms with E-state index in [1.165, 1.54) is 6.08 Å². The topological polar surface area (TPSA) is 0 Å². The summed E-state index contributed by atoms with van der Waals surface area (Å²) in [5.74, 6) is -1.03. The number of allylic oxidation sites excluding steroid dienone is 5. The molecule has 0 aliphatic rings. The van der Waals surface area contributed by atoms with Gasteiger partial charge in [0.15, 0.2) is 0 Å². The molecule has 0 unspecified atom stereocenters. The van der Waals surface area contributed by atoms with Crippen molar-refractivity contribution in [3.63, 3.8) is 0 Å². The molecule has 68 valence electrons. The largest absolute Gasteiger partial charge is 0.208 e. The van der Waals surface area contributed by atoms with Gasteiger partial charge in [-0.1, -0.05) is 26.5 Å². The van der Waals surface area contributed by atoms with Gasteiger partial charge < -0.3 is 0 Å². The lowest BCUT2D eigenvalue weighted by Crippen LogP contribution is -1.94. The van der Waals surface area contributed by atoms with Gasteiger partial charge in [0, 0.05) is 0 Å². The van der Waals surface area contributed by atoms with E-state index in [-0.39, 0.29) is 11.7 Å². The summed E-state index contributed by atoms with van der Waals surface area (Å²) in [5.41, 5.74) is 0.352. The minimum Gasteiger partial charge on any atom is -0.208 e. The van der Waals surface area contributed by atoms with Gasteiger partial charge in [0.1, 0.15) is 11.7 Å². The Morgan fingerprint density at radius 1 is 1.33 bits per heavy atom. The van der Waals surface area contributed by atoms with E-state index in [0.29, 0.717) is 5.57 Å². The van der Waals surface area contributed by atoms with Crippen LogP contribution in [0.4, 0.5) is 8.78 Å². The normalized spacial score (nSPS) is 13.8. The van der Waals surface area contributed by atoms with Gasteiger partial charge in [-0.15, -0.1) is 0 Å². The predicted molar refractivity (Wildman–Crippen MR) is 48.0 cm³/mol. The molecular weight excluding hydrogens is 158 g/mol. The molecule has 0 nitrogen and oxygen atoms in total. The van der Waals surface area contributed by atoms with Crippen molar-refractivity contribution in [3.05, 3.63) is 36.0 Å². The molecule has 0 aliphatic carbocycles. The van der Waals surface area contributed by atoms with Crippen molar-refractivity contribution in [2.75, 3.05) is 0 Å². The van der Waals surface area contributed by atoms with Crippen molar-refractivity contribution in [3.8, 4) is 0 Å². The molecular formula is C10H14F2.